The summed E-state index contributed by atoms with van der Waals surface area (Å²) in [6.07, 6.45) is 3.94. The summed E-state index contributed by atoms with van der Waals surface area (Å²) in [6, 6.07) is 1.73. The summed E-state index contributed by atoms with van der Waals surface area (Å²) in [7, 11) is -3.38. The predicted octanol–water partition coefficient (Wildman–Crippen LogP) is 2.67. The Morgan fingerprint density at radius 1 is 1.45 bits per heavy atom. The number of thiophene rings is 1. The predicted molar refractivity (Wildman–Crippen MR) is 89.1 cm³/mol. The van der Waals surface area contributed by atoms with Gasteiger partial charge in [-0.15, -0.1) is 11.3 Å². The molecule has 1 atom stereocenters. The Morgan fingerprint density at radius 2 is 2.20 bits per heavy atom. The SMILES string of the molecule is CCCNCc1cc(S(=O)(=O)NC(C)CCSC)cs1. The largest absolute Gasteiger partial charge is 0.312 e. The molecule has 1 aromatic heterocycles. The first-order chi connectivity index (χ1) is 9.49. The van der Waals surface area contributed by atoms with Gasteiger partial charge in [-0.1, -0.05) is 6.92 Å². The van der Waals surface area contributed by atoms with E-state index >= 15 is 0 Å². The smallest absolute Gasteiger partial charge is 0.241 e. The molecule has 20 heavy (non-hydrogen) atoms. The van der Waals surface area contributed by atoms with Gasteiger partial charge in [0.1, 0.15) is 0 Å². The molecule has 0 aromatic carbocycles. The van der Waals surface area contributed by atoms with E-state index in [4.69, 9.17) is 0 Å². The van der Waals surface area contributed by atoms with Crippen LogP contribution in [0, 0.1) is 0 Å². The van der Waals surface area contributed by atoms with Crippen molar-refractivity contribution >= 4 is 33.1 Å². The third-order valence-corrected chi connectivity index (χ3v) is 6.08. The van der Waals surface area contributed by atoms with Crippen molar-refractivity contribution < 1.29 is 8.42 Å². The lowest BCUT2D eigenvalue weighted by molar-refractivity contribution is 0.557. The number of hydrogen-bond acceptors (Lipinski definition) is 5. The van der Waals surface area contributed by atoms with E-state index in [1.807, 2.05) is 13.2 Å². The second-order valence-corrected chi connectivity index (χ2v) is 8.42. The minimum Gasteiger partial charge on any atom is -0.312 e. The highest BCUT2D eigenvalue weighted by molar-refractivity contribution is 7.98. The average molecular weight is 337 g/mol. The maximum Gasteiger partial charge on any atom is 0.241 e. The van der Waals surface area contributed by atoms with Crippen molar-refractivity contribution in [3.8, 4) is 0 Å². The van der Waals surface area contributed by atoms with E-state index < -0.39 is 10.0 Å². The lowest BCUT2D eigenvalue weighted by Crippen LogP contribution is -2.32. The molecule has 0 saturated heterocycles. The zero-order valence-electron chi connectivity index (χ0n) is 12.3. The van der Waals surface area contributed by atoms with Crippen LogP contribution in [0.25, 0.3) is 0 Å². The molecule has 1 heterocycles. The number of nitrogens with one attached hydrogen (secondary N) is 2. The molecular formula is C13H24N2O2S3. The van der Waals surface area contributed by atoms with E-state index in [1.165, 1.54) is 11.3 Å². The van der Waals surface area contributed by atoms with Crippen LogP contribution in [-0.4, -0.2) is 33.0 Å². The molecule has 116 valence electrons. The zero-order chi connectivity index (χ0) is 15.0. The van der Waals surface area contributed by atoms with Gasteiger partial charge in [0.15, 0.2) is 0 Å². The first-order valence-electron chi connectivity index (χ1n) is 6.79. The second kappa shape index (κ2) is 9.04. The highest BCUT2D eigenvalue weighted by Crippen LogP contribution is 2.19. The van der Waals surface area contributed by atoms with Gasteiger partial charge in [-0.2, -0.15) is 11.8 Å². The molecule has 4 nitrogen and oxygen atoms in total. The van der Waals surface area contributed by atoms with Gasteiger partial charge in [-0.05, 0) is 44.4 Å². The van der Waals surface area contributed by atoms with E-state index in [-0.39, 0.29) is 6.04 Å². The second-order valence-electron chi connectivity index (χ2n) is 4.73. The number of sulfonamides is 1. The van der Waals surface area contributed by atoms with Crippen molar-refractivity contribution in [1.29, 1.82) is 0 Å². The summed E-state index contributed by atoms with van der Waals surface area (Å²) < 4.78 is 27.2. The normalized spacial score (nSPS) is 13.6. The highest BCUT2D eigenvalue weighted by Gasteiger charge is 2.18. The molecule has 0 radical (unpaired) electrons. The van der Waals surface area contributed by atoms with E-state index in [9.17, 15) is 8.42 Å². The Balaban J connectivity index is 2.59. The molecule has 0 bridgehead atoms. The Morgan fingerprint density at radius 3 is 2.85 bits per heavy atom. The fraction of sp³-hybridized carbons (Fsp3) is 0.692. The molecule has 1 unspecified atom stereocenters. The van der Waals surface area contributed by atoms with Crippen LogP contribution >= 0.6 is 23.1 Å². The van der Waals surface area contributed by atoms with Crippen LogP contribution in [0.3, 0.4) is 0 Å². The lowest BCUT2D eigenvalue weighted by Gasteiger charge is -2.12. The number of rotatable bonds is 10. The summed E-state index contributed by atoms with van der Waals surface area (Å²) in [5.41, 5.74) is 0. The zero-order valence-corrected chi connectivity index (χ0v) is 14.8. The molecule has 0 amide bonds. The minimum absolute atomic E-state index is 0.0333. The first kappa shape index (κ1) is 18.0. The molecule has 0 aliphatic carbocycles. The standard InChI is InChI=1S/C13H24N2O2S3/c1-4-6-14-9-12-8-13(10-19-12)20(16,17)15-11(2)5-7-18-3/h8,10-11,14-15H,4-7,9H2,1-3H3. The van der Waals surface area contributed by atoms with Crippen LogP contribution in [0.5, 0.6) is 0 Å². The monoisotopic (exact) mass is 336 g/mol. The van der Waals surface area contributed by atoms with Gasteiger partial charge in [0.25, 0.3) is 0 Å². The van der Waals surface area contributed by atoms with Crippen molar-refractivity contribution in [2.75, 3.05) is 18.6 Å². The van der Waals surface area contributed by atoms with Crippen LogP contribution in [0.15, 0.2) is 16.3 Å². The van der Waals surface area contributed by atoms with Gasteiger partial charge in [-0.3, -0.25) is 0 Å². The molecule has 7 heteroatoms. The van der Waals surface area contributed by atoms with Crippen molar-refractivity contribution in [2.24, 2.45) is 0 Å². The van der Waals surface area contributed by atoms with Gasteiger partial charge in [-0.25, -0.2) is 13.1 Å². The Kier molecular flexibility index (Phi) is 8.13. The van der Waals surface area contributed by atoms with E-state index in [2.05, 4.69) is 17.0 Å². The van der Waals surface area contributed by atoms with Crippen LogP contribution in [0.2, 0.25) is 0 Å². The molecule has 1 rings (SSSR count). The van der Waals surface area contributed by atoms with Gasteiger partial charge >= 0.3 is 0 Å². The number of hydrogen-bond donors (Lipinski definition) is 2. The van der Waals surface area contributed by atoms with Gasteiger partial charge in [0, 0.05) is 22.8 Å². The summed E-state index contributed by atoms with van der Waals surface area (Å²) in [5, 5.41) is 4.99. The Bertz CT molecular complexity index is 486. The molecular weight excluding hydrogens is 312 g/mol. The van der Waals surface area contributed by atoms with Crippen molar-refractivity contribution in [1.82, 2.24) is 10.0 Å². The van der Waals surface area contributed by atoms with Crippen molar-refractivity contribution in [3.63, 3.8) is 0 Å². The molecule has 0 aliphatic heterocycles. The Labute approximate surface area is 130 Å². The summed E-state index contributed by atoms with van der Waals surface area (Å²) in [5.74, 6) is 0.958. The summed E-state index contributed by atoms with van der Waals surface area (Å²) >= 11 is 3.21. The van der Waals surface area contributed by atoms with Crippen molar-refractivity contribution in [2.45, 2.75) is 44.2 Å². The summed E-state index contributed by atoms with van der Waals surface area (Å²) in [4.78, 5) is 1.43. The quantitative estimate of drug-likeness (QED) is 0.645. The van der Waals surface area contributed by atoms with E-state index in [0.717, 1.165) is 36.6 Å². The van der Waals surface area contributed by atoms with Gasteiger partial charge < -0.3 is 5.32 Å². The average Bonchev–Trinajstić information content (AvgIpc) is 2.86. The molecule has 1 aromatic rings. The highest BCUT2D eigenvalue weighted by atomic mass is 32.2. The fourth-order valence-corrected chi connectivity index (χ4v) is 4.78. The van der Waals surface area contributed by atoms with Gasteiger partial charge in [0.2, 0.25) is 10.0 Å². The minimum atomic E-state index is -3.38. The first-order valence-corrected chi connectivity index (χ1v) is 10.5. The topological polar surface area (TPSA) is 58.2 Å². The third-order valence-electron chi connectivity index (χ3n) is 2.78. The molecule has 2 N–H and O–H groups in total. The lowest BCUT2D eigenvalue weighted by atomic mass is 10.3. The molecule has 0 saturated carbocycles. The molecule has 0 fully saturated rings. The summed E-state index contributed by atoms with van der Waals surface area (Å²) in [6.45, 7) is 5.70. The molecule has 0 spiro atoms. The number of thioether (sulfide) groups is 1. The van der Waals surface area contributed by atoms with Crippen LogP contribution < -0.4 is 10.0 Å². The van der Waals surface area contributed by atoms with Crippen LogP contribution in [0.1, 0.15) is 31.6 Å². The van der Waals surface area contributed by atoms with E-state index in [0.29, 0.717) is 4.90 Å². The maximum absolute atomic E-state index is 12.2. The fourth-order valence-electron chi connectivity index (χ4n) is 1.67. The van der Waals surface area contributed by atoms with Crippen LogP contribution in [-0.2, 0) is 16.6 Å². The Hall–Kier alpha value is -0.0800. The maximum atomic E-state index is 12.2. The van der Waals surface area contributed by atoms with Crippen LogP contribution in [0.4, 0.5) is 0 Å². The van der Waals surface area contributed by atoms with E-state index in [1.54, 1.807) is 23.2 Å². The molecule has 0 aliphatic rings. The van der Waals surface area contributed by atoms with Crippen molar-refractivity contribution in [3.05, 3.63) is 16.3 Å². The third kappa shape index (κ3) is 6.13. The van der Waals surface area contributed by atoms with Gasteiger partial charge in [0.05, 0.1) is 4.90 Å².